The van der Waals surface area contributed by atoms with Gasteiger partial charge in [0.05, 0.1) is 11.2 Å². The van der Waals surface area contributed by atoms with Crippen molar-refractivity contribution in [2.75, 3.05) is 0 Å². The molecule has 4 nitrogen and oxygen atoms in total. The Kier molecular flexibility index (Phi) is 7.68. The molecule has 0 bridgehead atoms. The number of hydrogen-bond acceptors (Lipinski definition) is 5. The number of nitrogens with zero attached hydrogens (tertiary/aromatic N) is 4. The van der Waals surface area contributed by atoms with E-state index >= 15 is 0 Å². The standard InChI is InChI=1S/C54H32N4S/c1-3-13-34(14-4-1)52-56-53(35-15-5-2-6-16-35)58-54(57-52)36-25-23-33(24-26-36)50-49-44-21-11-12-22-48(44)59-51(49)46-32-38(28-30-47(46)55-50)37-27-29-43-41-19-8-7-17-39(41)40-18-9-10-20-42(40)45(43)31-37/h1-32H. The SMILES string of the molecule is c1ccc(-c2nc(-c3ccccc3)nc(-c3ccc(-c4nc5ccc(-c6ccc7c8ccccc8c8ccccc8c7c6)cc5c5sc6ccccc6c45)cc3)n2)cc1. The molecule has 12 aromatic rings. The van der Waals surface area contributed by atoms with Crippen molar-refractivity contribution in [1.29, 1.82) is 0 Å². The van der Waals surface area contributed by atoms with Crippen molar-refractivity contribution in [3.05, 3.63) is 194 Å². The zero-order valence-electron chi connectivity index (χ0n) is 31.7. The molecule has 0 saturated carbocycles. The number of hydrogen-bond donors (Lipinski definition) is 0. The van der Waals surface area contributed by atoms with Crippen molar-refractivity contribution in [2.45, 2.75) is 0 Å². The summed E-state index contributed by atoms with van der Waals surface area (Å²) in [5, 5.41) is 11.2. The monoisotopic (exact) mass is 768 g/mol. The largest absolute Gasteiger partial charge is 0.247 e. The van der Waals surface area contributed by atoms with Crippen LogP contribution in [-0.2, 0) is 0 Å². The van der Waals surface area contributed by atoms with Gasteiger partial charge in [0.1, 0.15) is 0 Å². The van der Waals surface area contributed by atoms with Gasteiger partial charge in [-0.05, 0) is 67.7 Å². The molecule has 3 heterocycles. The minimum absolute atomic E-state index is 0.629. The van der Waals surface area contributed by atoms with Crippen molar-refractivity contribution >= 4 is 74.7 Å². The molecule has 274 valence electrons. The van der Waals surface area contributed by atoms with E-state index in [0.717, 1.165) is 38.9 Å². The maximum atomic E-state index is 5.43. The van der Waals surface area contributed by atoms with Crippen LogP contribution in [0.5, 0.6) is 0 Å². The summed E-state index contributed by atoms with van der Waals surface area (Å²) >= 11 is 1.84. The van der Waals surface area contributed by atoms with Gasteiger partial charge in [0.25, 0.3) is 0 Å². The third-order valence-electron chi connectivity index (χ3n) is 11.5. The van der Waals surface area contributed by atoms with Crippen molar-refractivity contribution in [2.24, 2.45) is 0 Å². The van der Waals surface area contributed by atoms with Gasteiger partial charge in [0, 0.05) is 47.8 Å². The third kappa shape index (κ3) is 5.58. The van der Waals surface area contributed by atoms with Crippen LogP contribution in [0.25, 0.3) is 120 Å². The van der Waals surface area contributed by atoms with E-state index in [9.17, 15) is 0 Å². The zero-order valence-corrected chi connectivity index (χ0v) is 32.5. The van der Waals surface area contributed by atoms with E-state index in [2.05, 4.69) is 133 Å². The second-order valence-electron chi connectivity index (χ2n) is 15.0. The lowest BCUT2D eigenvalue weighted by Gasteiger charge is -2.13. The average Bonchev–Trinajstić information content (AvgIpc) is 3.72. The van der Waals surface area contributed by atoms with Crippen LogP contribution in [-0.4, -0.2) is 19.9 Å². The Labute approximate surface area is 343 Å². The fourth-order valence-electron chi connectivity index (χ4n) is 8.65. The molecule has 0 aliphatic carbocycles. The lowest BCUT2D eigenvalue weighted by atomic mass is 9.92. The van der Waals surface area contributed by atoms with Gasteiger partial charge < -0.3 is 0 Å². The number of fused-ring (bicyclic) bond motifs is 11. The number of aromatic nitrogens is 4. The number of benzene rings is 9. The fraction of sp³-hybridized carbons (Fsp3) is 0. The van der Waals surface area contributed by atoms with Gasteiger partial charge in [0.2, 0.25) is 0 Å². The molecule has 59 heavy (non-hydrogen) atoms. The molecule has 0 spiro atoms. The average molecular weight is 769 g/mol. The highest BCUT2D eigenvalue weighted by molar-refractivity contribution is 7.26. The molecular formula is C54H32N4S. The molecular weight excluding hydrogens is 737 g/mol. The lowest BCUT2D eigenvalue weighted by Crippen LogP contribution is -2.00. The van der Waals surface area contributed by atoms with Crippen LogP contribution in [0.4, 0.5) is 0 Å². The Hall–Kier alpha value is -7.60. The lowest BCUT2D eigenvalue weighted by molar-refractivity contribution is 1.07. The molecule has 0 atom stereocenters. The van der Waals surface area contributed by atoms with Crippen molar-refractivity contribution in [3.63, 3.8) is 0 Å². The van der Waals surface area contributed by atoms with Crippen LogP contribution < -0.4 is 0 Å². The normalized spacial score (nSPS) is 11.7. The van der Waals surface area contributed by atoms with Crippen LogP contribution in [0.3, 0.4) is 0 Å². The summed E-state index contributed by atoms with van der Waals surface area (Å²) in [5.74, 6) is 1.92. The number of thiophene rings is 1. The molecule has 0 radical (unpaired) electrons. The topological polar surface area (TPSA) is 51.6 Å². The van der Waals surface area contributed by atoms with Gasteiger partial charge in [-0.2, -0.15) is 0 Å². The van der Waals surface area contributed by atoms with Gasteiger partial charge >= 0.3 is 0 Å². The molecule has 0 N–H and O–H groups in total. The van der Waals surface area contributed by atoms with Gasteiger partial charge in [-0.1, -0.05) is 170 Å². The first-order valence-electron chi connectivity index (χ1n) is 19.8. The fourth-order valence-corrected chi connectivity index (χ4v) is 9.88. The summed E-state index contributed by atoms with van der Waals surface area (Å²) in [6.07, 6.45) is 0. The van der Waals surface area contributed by atoms with Crippen LogP contribution in [0, 0.1) is 0 Å². The molecule has 3 aromatic heterocycles. The van der Waals surface area contributed by atoms with Gasteiger partial charge in [-0.25, -0.2) is 19.9 Å². The number of pyridine rings is 1. The molecule has 0 fully saturated rings. The Morgan fingerprint density at radius 3 is 1.31 bits per heavy atom. The molecule has 9 aromatic carbocycles. The Balaban J connectivity index is 0.995. The van der Waals surface area contributed by atoms with E-state index < -0.39 is 0 Å². The van der Waals surface area contributed by atoms with Crippen molar-refractivity contribution in [1.82, 2.24) is 19.9 Å². The second kappa shape index (κ2) is 13.5. The Morgan fingerprint density at radius 2 is 0.712 bits per heavy atom. The molecule has 12 rings (SSSR count). The quantitative estimate of drug-likeness (QED) is 0.164. The highest BCUT2D eigenvalue weighted by atomic mass is 32.1. The molecule has 0 aliphatic rings. The van der Waals surface area contributed by atoms with Crippen LogP contribution >= 0.6 is 11.3 Å². The maximum absolute atomic E-state index is 5.43. The van der Waals surface area contributed by atoms with Crippen LogP contribution in [0.15, 0.2) is 194 Å². The van der Waals surface area contributed by atoms with Gasteiger partial charge in [0.15, 0.2) is 17.5 Å². The summed E-state index contributed by atoms with van der Waals surface area (Å²) in [5.41, 5.74) is 8.17. The first-order chi connectivity index (χ1) is 29.2. The molecule has 0 aliphatic heterocycles. The highest BCUT2D eigenvalue weighted by Gasteiger charge is 2.19. The first kappa shape index (κ1) is 33.5. The van der Waals surface area contributed by atoms with E-state index in [0.29, 0.717) is 17.5 Å². The Morgan fingerprint density at radius 1 is 0.288 bits per heavy atom. The van der Waals surface area contributed by atoms with Crippen LogP contribution in [0.1, 0.15) is 0 Å². The van der Waals surface area contributed by atoms with E-state index in [1.54, 1.807) is 0 Å². The predicted molar refractivity (Wildman–Crippen MR) is 248 cm³/mol. The van der Waals surface area contributed by atoms with Crippen molar-refractivity contribution < 1.29 is 0 Å². The summed E-state index contributed by atoms with van der Waals surface area (Å²) in [6.45, 7) is 0. The summed E-state index contributed by atoms with van der Waals surface area (Å²) in [7, 11) is 0. The highest BCUT2D eigenvalue weighted by Crippen LogP contribution is 2.44. The molecule has 0 saturated heterocycles. The van der Waals surface area contributed by atoms with Gasteiger partial charge in [-0.3, -0.25) is 0 Å². The summed E-state index contributed by atoms with van der Waals surface area (Å²) in [6, 6.07) is 68.6. The molecule has 0 unspecified atom stereocenters. The van der Waals surface area contributed by atoms with E-state index in [1.807, 2.05) is 72.0 Å². The van der Waals surface area contributed by atoms with E-state index in [-0.39, 0.29) is 0 Å². The Bertz CT molecular complexity index is 3500. The smallest absolute Gasteiger partial charge is 0.164 e. The molecule has 5 heteroatoms. The zero-order chi connectivity index (χ0) is 38.9. The maximum Gasteiger partial charge on any atom is 0.164 e. The predicted octanol–water partition coefficient (Wildman–Crippen LogP) is 14.6. The van der Waals surface area contributed by atoms with E-state index in [4.69, 9.17) is 19.9 Å². The third-order valence-corrected chi connectivity index (χ3v) is 12.7. The summed E-state index contributed by atoms with van der Waals surface area (Å²) < 4.78 is 2.49. The second-order valence-corrected chi connectivity index (χ2v) is 16.0. The minimum Gasteiger partial charge on any atom is -0.247 e. The number of rotatable bonds is 5. The molecule has 0 amide bonds. The van der Waals surface area contributed by atoms with Crippen LogP contribution in [0.2, 0.25) is 0 Å². The van der Waals surface area contributed by atoms with E-state index in [1.165, 1.54) is 63.6 Å². The summed E-state index contributed by atoms with van der Waals surface area (Å²) in [4.78, 5) is 20.2. The first-order valence-corrected chi connectivity index (χ1v) is 20.6. The minimum atomic E-state index is 0.629. The van der Waals surface area contributed by atoms with Crippen molar-refractivity contribution in [3.8, 4) is 56.5 Å². The van der Waals surface area contributed by atoms with Gasteiger partial charge in [-0.15, -0.1) is 11.3 Å².